The molecule has 1 N–H and O–H groups in total. The number of carbonyl (C=O) groups excluding carboxylic acids is 2. The van der Waals surface area contributed by atoms with Crippen molar-refractivity contribution in [2.24, 2.45) is 0 Å². The third kappa shape index (κ3) is 3.88. The Morgan fingerprint density at radius 2 is 2.00 bits per heavy atom. The lowest BCUT2D eigenvalue weighted by Crippen LogP contribution is -2.68. The van der Waals surface area contributed by atoms with E-state index in [4.69, 9.17) is 4.74 Å². The zero-order valence-electron chi connectivity index (χ0n) is 14.7. The fourth-order valence-corrected chi connectivity index (χ4v) is 4.85. The number of amides is 1. The maximum Gasteiger partial charge on any atom is 0.355 e. The van der Waals surface area contributed by atoms with Crippen LogP contribution in [-0.4, -0.2) is 39.5 Å². The highest BCUT2D eigenvalue weighted by atomic mass is 32.2. The summed E-state index contributed by atoms with van der Waals surface area (Å²) < 4.78 is 8.72. The van der Waals surface area contributed by atoms with Crippen molar-refractivity contribution in [2.45, 2.75) is 49.6 Å². The number of carbonyl (C=O) groups is 2. The highest BCUT2D eigenvalue weighted by molar-refractivity contribution is 8.00. The summed E-state index contributed by atoms with van der Waals surface area (Å²) in [4.78, 5) is 27.8. The second kappa shape index (κ2) is 7.05. The van der Waals surface area contributed by atoms with Gasteiger partial charge in [0.15, 0.2) is 0 Å². The monoisotopic (exact) mass is 378 g/mol. The van der Waals surface area contributed by atoms with Gasteiger partial charge in [0, 0.05) is 10.6 Å². The first kappa shape index (κ1) is 18.4. The molecule has 1 fully saturated rings. The number of β-lactam (4-membered cyclic amide) rings is 1. The average Bonchev–Trinajstić information content (AvgIpc) is 2.54. The van der Waals surface area contributed by atoms with Crippen LogP contribution in [-0.2, 0) is 14.3 Å². The number of esters is 1. The van der Waals surface area contributed by atoms with Crippen molar-refractivity contribution < 1.29 is 14.3 Å². The van der Waals surface area contributed by atoms with Gasteiger partial charge in [-0.25, -0.2) is 9.52 Å². The maximum absolute atomic E-state index is 12.6. The average molecular weight is 379 g/mol. The van der Waals surface area contributed by atoms with Gasteiger partial charge >= 0.3 is 5.97 Å². The van der Waals surface area contributed by atoms with Gasteiger partial charge in [-0.3, -0.25) is 9.69 Å². The molecule has 2 heterocycles. The number of hydrogen-bond donors (Lipinski definition) is 1. The molecule has 5 nitrogen and oxygen atoms in total. The van der Waals surface area contributed by atoms with Crippen molar-refractivity contribution in [2.75, 3.05) is 5.75 Å². The molecule has 7 heteroatoms. The zero-order chi connectivity index (χ0) is 18.2. The summed E-state index contributed by atoms with van der Waals surface area (Å²) in [5.74, 6) is 0.218. The van der Waals surface area contributed by atoms with Crippen molar-refractivity contribution in [3.8, 4) is 0 Å². The lowest BCUT2D eigenvalue weighted by molar-refractivity contribution is -0.158. The summed E-state index contributed by atoms with van der Waals surface area (Å²) in [5.41, 5.74) is 0.712. The molecular formula is C18H22N2O3S2. The zero-order valence-corrected chi connectivity index (χ0v) is 16.4. The molecule has 0 aromatic heterocycles. The number of nitrogens with zero attached hydrogens (tertiary/aromatic N) is 1. The van der Waals surface area contributed by atoms with Gasteiger partial charge in [0.2, 0.25) is 5.91 Å². The van der Waals surface area contributed by atoms with Crippen LogP contribution >= 0.6 is 23.7 Å². The molecule has 0 bridgehead atoms. The molecular weight excluding hydrogens is 356 g/mol. The third-order valence-electron chi connectivity index (χ3n) is 3.80. The van der Waals surface area contributed by atoms with Gasteiger partial charge in [0.25, 0.3) is 0 Å². The Morgan fingerprint density at radius 3 is 2.64 bits per heavy atom. The quantitative estimate of drug-likeness (QED) is 0.493. The molecule has 1 aromatic rings. The Kier molecular flexibility index (Phi) is 5.18. The van der Waals surface area contributed by atoms with Gasteiger partial charge in [-0.1, -0.05) is 18.2 Å². The normalized spacial score (nSPS) is 23.2. The highest BCUT2D eigenvalue weighted by Gasteiger charge is 2.53. The minimum atomic E-state index is -0.584. The van der Waals surface area contributed by atoms with Crippen LogP contribution in [0.4, 0.5) is 0 Å². The van der Waals surface area contributed by atoms with E-state index in [1.54, 1.807) is 16.7 Å². The van der Waals surface area contributed by atoms with Gasteiger partial charge in [-0.05, 0) is 57.3 Å². The molecule has 1 aromatic carbocycles. The SMILES string of the molecule is CC1=C(C(=O)OC(C)(C)C)N2C(=O)[C@@H](NSc3ccccc3)[C@H]2SC1. The Bertz CT molecular complexity index is 713. The maximum atomic E-state index is 12.6. The molecule has 0 spiro atoms. The van der Waals surface area contributed by atoms with Crippen molar-refractivity contribution in [1.29, 1.82) is 0 Å². The fraction of sp³-hybridized carbons (Fsp3) is 0.444. The third-order valence-corrected chi connectivity index (χ3v) is 6.10. The van der Waals surface area contributed by atoms with Crippen LogP contribution in [0.25, 0.3) is 0 Å². The van der Waals surface area contributed by atoms with E-state index in [-0.39, 0.29) is 17.3 Å². The summed E-state index contributed by atoms with van der Waals surface area (Å²) in [7, 11) is 0. The van der Waals surface area contributed by atoms with Gasteiger partial charge in [-0.2, -0.15) is 0 Å². The van der Waals surface area contributed by atoms with E-state index in [0.29, 0.717) is 5.70 Å². The molecule has 25 heavy (non-hydrogen) atoms. The lowest BCUT2D eigenvalue weighted by Gasteiger charge is -2.49. The smallest absolute Gasteiger partial charge is 0.355 e. The van der Waals surface area contributed by atoms with Gasteiger partial charge in [-0.15, -0.1) is 11.8 Å². The van der Waals surface area contributed by atoms with E-state index in [9.17, 15) is 9.59 Å². The Morgan fingerprint density at radius 1 is 1.32 bits per heavy atom. The van der Waals surface area contributed by atoms with E-state index >= 15 is 0 Å². The molecule has 0 unspecified atom stereocenters. The van der Waals surface area contributed by atoms with Crippen LogP contribution in [0.2, 0.25) is 0 Å². The van der Waals surface area contributed by atoms with Crippen molar-refractivity contribution >= 4 is 35.6 Å². The number of thioether (sulfide) groups is 1. The number of ether oxygens (including phenoxy) is 1. The molecule has 0 aliphatic carbocycles. The van der Waals surface area contributed by atoms with Crippen LogP contribution in [0, 0.1) is 0 Å². The molecule has 2 aliphatic rings. The van der Waals surface area contributed by atoms with Gasteiger partial charge < -0.3 is 4.74 Å². The first-order valence-corrected chi connectivity index (χ1v) is 9.99. The summed E-state index contributed by atoms with van der Waals surface area (Å²) in [5, 5.41) is -0.0741. The summed E-state index contributed by atoms with van der Waals surface area (Å²) in [6.07, 6.45) is 0. The van der Waals surface area contributed by atoms with E-state index < -0.39 is 11.6 Å². The van der Waals surface area contributed by atoms with Crippen LogP contribution in [0.3, 0.4) is 0 Å². The molecule has 3 rings (SSSR count). The summed E-state index contributed by atoms with van der Waals surface area (Å²) in [6, 6.07) is 9.55. The molecule has 1 amide bonds. The predicted octanol–water partition coefficient (Wildman–Crippen LogP) is 3.18. The summed E-state index contributed by atoms with van der Waals surface area (Å²) in [6.45, 7) is 7.37. The largest absolute Gasteiger partial charge is 0.455 e. The number of hydrogen-bond acceptors (Lipinski definition) is 6. The number of nitrogens with one attached hydrogen (secondary N) is 1. The first-order chi connectivity index (χ1) is 11.8. The molecule has 0 saturated carbocycles. The highest BCUT2D eigenvalue weighted by Crippen LogP contribution is 2.41. The second-order valence-electron chi connectivity index (χ2n) is 7.05. The van der Waals surface area contributed by atoms with Crippen LogP contribution in [0.5, 0.6) is 0 Å². The van der Waals surface area contributed by atoms with Crippen molar-refractivity contribution in [3.05, 3.63) is 41.6 Å². The molecule has 2 atom stereocenters. The lowest BCUT2D eigenvalue weighted by atomic mass is 10.0. The molecule has 1 saturated heterocycles. The fourth-order valence-electron chi connectivity index (χ4n) is 2.68. The number of fused-ring (bicyclic) bond motifs is 1. The Labute approximate surface area is 156 Å². The first-order valence-electron chi connectivity index (χ1n) is 8.13. The van der Waals surface area contributed by atoms with Crippen LogP contribution in [0.15, 0.2) is 46.5 Å². The predicted molar refractivity (Wildman–Crippen MR) is 101 cm³/mol. The van der Waals surface area contributed by atoms with Crippen molar-refractivity contribution in [3.63, 3.8) is 0 Å². The Balaban J connectivity index is 1.70. The summed E-state index contributed by atoms with van der Waals surface area (Å²) >= 11 is 3.11. The number of benzene rings is 1. The van der Waals surface area contributed by atoms with Crippen molar-refractivity contribution in [1.82, 2.24) is 9.62 Å². The Hall–Kier alpha value is -1.44. The van der Waals surface area contributed by atoms with E-state index in [2.05, 4.69) is 4.72 Å². The number of rotatable bonds is 4. The molecule has 134 valence electrons. The van der Waals surface area contributed by atoms with E-state index in [1.165, 1.54) is 11.9 Å². The standard InChI is InChI=1S/C18H22N2O3S2/c1-11-10-24-16-13(19-25-12-8-6-5-7-9-12)15(21)20(16)14(11)17(22)23-18(2,3)4/h5-9,13,16,19H,10H2,1-4H3/t13-,16-/m1/s1. The minimum Gasteiger partial charge on any atom is -0.455 e. The second-order valence-corrected chi connectivity index (χ2v) is 9.07. The minimum absolute atomic E-state index is 0.0741. The van der Waals surface area contributed by atoms with Gasteiger partial charge in [0.1, 0.15) is 22.7 Å². The van der Waals surface area contributed by atoms with E-state index in [1.807, 2.05) is 58.0 Å². The van der Waals surface area contributed by atoms with E-state index in [0.717, 1.165) is 16.2 Å². The molecule has 0 radical (unpaired) electrons. The molecule has 2 aliphatic heterocycles. The van der Waals surface area contributed by atoms with Gasteiger partial charge in [0.05, 0.1) is 0 Å². The van der Waals surface area contributed by atoms with Crippen LogP contribution < -0.4 is 4.72 Å². The topological polar surface area (TPSA) is 58.6 Å². The van der Waals surface area contributed by atoms with Crippen LogP contribution in [0.1, 0.15) is 27.7 Å².